The molecule has 0 aliphatic rings. The fourth-order valence-electron chi connectivity index (χ4n) is 3.47. The van der Waals surface area contributed by atoms with Gasteiger partial charge in [0, 0.05) is 11.1 Å². The Balaban J connectivity index is 1.64. The number of furan rings is 1. The first kappa shape index (κ1) is 18.8. The summed E-state index contributed by atoms with van der Waals surface area (Å²) < 4.78 is 10.9. The Morgan fingerprint density at radius 2 is 1.77 bits per heavy atom. The van der Waals surface area contributed by atoms with Gasteiger partial charge in [0.25, 0.3) is 11.6 Å². The van der Waals surface area contributed by atoms with Crippen molar-refractivity contribution in [2.24, 2.45) is 0 Å². The van der Waals surface area contributed by atoms with Gasteiger partial charge in [0.15, 0.2) is 0 Å². The van der Waals surface area contributed by atoms with Crippen LogP contribution in [0.4, 0.5) is 0 Å². The highest BCUT2D eigenvalue weighted by Crippen LogP contribution is 2.32. The summed E-state index contributed by atoms with van der Waals surface area (Å²) in [5.74, 6) is 0.420. The number of fused-ring (bicyclic) bond motifs is 1. The highest BCUT2D eigenvalue weighted by Gasteiger charge is 2.22. The Labute approximate surface area is 178 Å². The average molecular weight is 409 g/mol. The van der Waals surface area contributed by atoms with Crippen LogP contribution >= 0.6 is 0 Å². The van der Waals surface area contributed by atoms with Crippen molar-refractivity contribution >= 4 is 17.0 Å². The van der Waals surface area contributed by atoms with Crippen LogP contribution < -0.4 is 5.32 Å². The second kappa shape index (κ2) is 7.91. The van der Waals surface area contributed by atoms with Crippen molar-refractivity contribution in [3.63, 3.8) is 0 Å². The smallest absolute Gasteiger partial charge is 0.259 e. The lowest BCUT2D eigenvalue weighted by Crippen LogP contribution is -2.23. The number of hydrogen-bond acceptors (Lipinski definition) is 5. The summed E-state index contributed by atoms with van der Waals surface area (Å²) in [6.45, 7) is 2.30. The fourth-order valence-corrected chi connectivity index (χ4v) is 3.47. The number of nitrogens with one attached hydrogen (secondary N) is 1. The first-order valence-corrected chi connectivity index (χ1v) is 9.92. The molecule has 3 aromatic heterocycles. The molecule has 0 spiro atoms. The van der Waals surface area contributed by atoms with Gasteiger partial charge in [-0.25, -0.2) is 4.98 Å². The summed E-state index contributed by atoms with van der Waals surface area (Å²) in [6, 6.07) is 23.0. The van der Waals surface area contributed by atoms with Crippen LogP contribution in [0.2, 0.25) is 0 Å². The summed E-state index contributed by atoms with van der Waals surface area (Å²) in [4.78, 5) is 17.9. The lowest BCUT2D eigenvalue weighted by atomic mass is 10.0. The molecule has 1 N–H and O–H groups in total. The van der Waals surface area contributed by atoms with Gasteiger partial charge in [-0.05, 0) is 25.1 Å². The van der Waals surface area contributed by atoms with Crippen LogP contribution in [0.25, 0.3) is 33.6 Å². The molecule has 0 saturated carbocycles. The van der Waals surface area contributed by atoms with Crippen LogP contribution in [-0.2, 0) is 6.54 Å². The minimum Gasteiger partial charge on any atom is -0.467 e. The summed E-state index contributed by atoms with van der Waals surface area (Å²) in [6.07, 6.45) is 1.58. The maximum Gasteiger partial charge on any atom is 0.259 e. The fraction of sp³-hybridized carbons (Fsp3) is 0.0800. The Morgan fingerprint density at radius 3 is 2.52 bits per heavy atom. The molecule has 3 heterocycles. The van der Waals surface area contributed by atoms with Crippen LogP contribution in [-0.4, -0.2) is 16.0 Å². The monoisotopic (exact) mass is 409 g/mol. The van der Waals surface area contributed by atoms with E-state index in [2.05, 4.69) is 15.5 Å². The van der Waals surface area contributed by atoms with Gasteiger partial charge in [-0.1, -0.05) is 65.3 Å². The molecule has 0 fully saturated rings. The normalized spacial score (nSPS) is 11.0. The number of amides is 1. The largest absolute Gasteiger partial charge is 0.467 e. The molecule has 31 heavy (non-hydrogen) atoms. The lowest BCUT2D eigenvalue weighted by molar-refractivity contribution is 0.0949. The molecule has 0 atom stereocenters. The molecule has 0 aliphatic heterocycles. The Morgan fingerprint density at radius 1 is 0.968 bits per heavy atom. The number of carbonyl (C=O) groups excluding carboxylic acids is 1. The van der Waals surface area contributed by atoms with Crippen LogP contribution in [0.15, 0.2) is 88.0 Å². The number of carbonyl (C=O) groups is 1. The number of rotatable bonds is 5. The molecule has 2 aromatic carbocycles. The van der Waals surface area contributed by atoms with Crippen molar-refractivity contribution in [2.45, 2.75) is 13.5 Å². The minimum absolute atomic E-state index is 0.252. The van der Waals surface area contributed by atoms with Crippen molar-refractivity contribution < 1.29 is 13.7 Å². The van der Waals surface area contributed by atoms with Gasteiger partial charge < -0.3 is 14.3 Å². The second-order valence-electron chi connectivity index (χ2n) is 7.26. The van der Waals surface area contributed by atoms with Crippen molar-refractivity contribution in [2.75, 3.05) is 0 Å². The molecule has 0 radical (unpaired) electrons. The molecule has 6 nitrogen and oxygen atoms in total. The summed E-state index contributed by atoms with van der Waals surface area (Å²) >= 11 is 0. The summed E-state index contributed by atoms with van der Waals surface area (Å²) in [7, 11) is 0. The number of benzene rings is 2. The van der Waals surface area contributed by atoms with Gasteiger partial charge in [0.2, 0.25) is 0 Å². The maximum atomic E-state index is 13.2. The highest BCUT2D eigenvalue weighted by atomic mass is 16.5. The molecule has 6 heteroatoms. The molecule has 1 amide bonds. The molecule has 5 aromatic rings. The standard InChI is InChI=1S/C25H19N3O3/c1-16-9-11-18(12-10-16)23-22-20(24(29)26-15-19-8-5-13-30-19)14-21(27-25(22)31-28-23)17-6-3-2-4-7-17/h2-14H,15H2,1H3,(H,26,29). The van der Waals surface area contributed by atoms with Gasteiger partial charge in [-0.2, -0.15) is 0 Å². The van der Waals surface area contributed by atoms with Crippen LogP contribution in [0.5, 0.6) is 0 Å². The van der Waals surface area contributed by atoms with Gasteiger partial charge in [-0.15, -0.1) is 0 Å². The van der Waals surface area contributed by atoms with E-state index in [1.54, 1.807) is 18.4 Å². The van der Waals surface area contributed by atoms with E-state index in [1.165, 1.54) is 0 Å². The number of pyridine rings is 1. The molecule has 5 rings (SSSR count). The van der Waals surface area contributed by atoms with Crippen LogP contribution in [0.1, 0.15) is 21.7 Å². The van der Waals surface area contributed by atoms with E-state index in [9.17, 15) is 4.79 Å². The number of aromatic nitrogens is 2. The predicted molar refractivity (Wildman–Crippen MR) is 117 cm³/mol. The van der Waals surface area contributed by atoms with Crippen molar-refractivity contribution in [3.8, 4) is 22.5 Å². The Kier molecular flexibility index (Phi) is 4.80. The Hall–Kier alpha value is -4.19. The topological polar surface area (TPSA) is 81.2 Å². The van der Waals surface area contributed by atoms with E-state index in [1.807, 2.05) is 67.6 Å². The summed E-state index contributed by atoms with van der Waals surface area (Å²) in [5, 5.41) is 7.75. The molecule has 152 valence electrons. The van der Waals surface area contributed by atoms with Crippen LogP contribution in [0, 0.1) is 6.92 Å². The zero-order chi connectivity index (χ0) is 21.2. The molecule has 0 saturated heterocycles. The van der Waals surface area contributed by atoms with Crippen LogP contribution in [0.3, 0.4) is 0 Å². The SMILES string of the molecule is Cc1ccc(-c2noc3nc(-c4ccccc4)cc(C(=O)NCc4ccco4)c23)cc1. The number of hydrogen-bond donors (Lipinski definition) is 1. The zero-order valence-corrected chi connectivity index (χ0v) is 16.8. The third-order valence-electron chi connectivity index (χ3n) is 5.09. The molecular formula is C25H19N3O3. The molecule has 0 bridgehead atoms. The zero-order valence-electron chi connectivity index (χ0n) is 16.8. The van der Waals surface area contributed by atoms with E-state index in [-0.39, 0.29) is 12.5 Å². The number of aryl methyl sites for hydroxylation is 1. The van der Waals surface area contributed by atoms with Gasteiger partial charge >= 0.3 is 0 Å². The van der Waals surface area contributed by atoms with Gasteiger partial charge in [-0.3, -0.25) is 4.79 Å². The first-order valence-electron chi connectivity index (χ1n) is 9.92. The highest BCUT2D eigenvalue weighted by molar-refractivity contribution is 6.10. The van der Waals surface area contributed by atoms with E-state index in [0.717, 1.165) is 16.7 Å². The van der Waals surface area contributed by atoms with E-state index in [0.29, 0.717) is 33.8 Å². The quantitative estimate of drug-likeness (QED) is 0.421. The average Bonchev–Trinajstić information content (AvgIpc) is 3.48. The molecule has 0 unspecified atom stereocenters. The Bertz CT molecular complexity index is 1340. The van der Waals surface area contributed by atoms with E-state index >= 15 is 0 Å². The first-order chi connectivity index (χ1) is 15.2. The third-order valence-corrected chi connectivity index (χ3v) is 5.09. The van der Waals surface area contributed by atoms with E-state index < -0.39 is 0 Å². The molecule has 0 aliphatic carbocycles. The number of nitrogens with zero attached hydrogens (tertiary/aromatic N) is 2. The third kappa shape index (κ3) is 3.71. The minimum atomic E-state index is -0.252. The molecular weight excluding hydrogens is 390 g/mol. The van der Waals surface area contributed by atoms with Gasteiger partial charge in [0.05, 0.1) is 29.5 Å². The van der Waals surface area contributed by atoms with Crippen molar-refractivity contribution in [1.82, 2.24) is 15.5 Å². The van der Waals surface area contributed by atoms with Gasteiger partial charge in [0.1, 0.15) is 11.5 Å². The van der Waals surface area contributed by atoms with E-state index in [4.69, 9.17) is 8.94 Å². The second-order valence-corrected chi connectivity index (χ2v) is 7.26. The maximum absolute atomic E-state index is 13.2. The lowest BCUT2D eigenvalue weighted by Gasteiger charge is -2.08. The van der Waals surface area contributed by atoms with Crippen molar-refractivity contribution in [1.29, 1.82) is 0 Å². The van der Waals surface area contributed by atoms with Crippen molar-refractivity contribution in [3.05, 3.63) is 95.9 Å². The predicted octanol–water partition coefficient (Wildman–Crippen LogP) is 5.39. The summed E-state index contributed by atoms with van der Waals surface area (Å²) in [5.41, 5.74) is 4.88.